The van der Waals surface area contributed by atoms with Crippen LogP contribution in [0.5, 0.6) is 17.4 Å². The monoisotopic (exact) mass is 769 g/mol. The van der Waals surface area contributed by atoms with Crippen molar-refractivity contribution in [2.75, 3.05) is 62.5 Å². The summed E-state index contributed by atoms with van der Waals surface area (Å²) in [4.78, 5) is 37.6. The third-order valence-corrected chi connectivity index (χ3v) is 9.57. The van der Waals surface area contributed by atoms with E-state index in [4.69, 9.17) is 19.3 Å². The highest BCUT2D eigenvalue weighted by Gasteiger charge is 2.17. The number of ether oxygens (including phenoxy) is 3. The van der Waals surface area contributed by atoms with E-state index in [1.54, 1.807) is 54.4 Å². The standard InChI is InChI=1S/C43H47N9O5/c1-4-5-8-31-28-39(52(50-31)32-14-11-29(2)12-15-32)48-43(54)47-35-17-18-37(34-10-7-6-9-33(34)35)57-40-19-20-45-42(49-40)46-36-16-13-30(27-38(36)55-3)41(53)44-21-22-51-23-25-56-26-24-51/h6-7,9-20,27-28H,4-5,8,21-26H2,1-3H3,(H,44,53)(H,45,46,49)(H2,47,48,54). The van der Waals surface area contributed by atoms with Crippen molar-refractivity contribution in [1.82, 2.24) is 30.0 Å². The number of carbonyl (C=O) groups is 2. The molecule has 14 heteroatoms. The molecule has 1 fully saturated rings. The summed E-state index contributed by atoms with van der Waals surface area (Å²) in [5, 5.41) is 18.5. The summed E-state index contributed by atoms with van der Waals surface area (Å²) in [6.45, 7) is 8.64. The molecule has 1 aliphatic rings. The first-order valence-corrected chi connectivity index (χ1v) is 19.2. The average molecular weight is 770 g/mol. The summed E-state index contributed by atoms with van der Waals surface area (Å²) in [5.41, 5.74) is 4.58. The number of benzene rings is 4. The number of fused-ring (bicyclic) bond motifs is 1. The zero-order valence-corrected chi connectivity index (χ0v) is 32.4. The van der Waals surface area contributed by atoms with E-state index in [1.165, 1.54) is 0 Å². The van der Waals surface area contributed by atoms with E-state index >= 15 is 0 Å². The molecule has 57 heavy (non-hydrogen) atoms. The molecule has 3 amide bonds. The number of aromatic nitrogens is 4. The van der Waals surface area contributed by atoms with Crippen LogP contribution in [-0.2, 0) is 11.2 Å². The number of hydrogen-bond acceptors (Lipinski definition) is 10. The summed E-state index contributed by atoms with van der Waals surface area (Å²) < 4.78 is 19.1. The van der Waals surface area contributed by atoms with Gasteiger partial charge in [-0.2, -0.15) is 10.1 Å². The first-order chi connectivity index (χ1) is 27.9. The van der Waals surface area contributed by atoms with Gasteiger partial charge >= 0.3 is 6.03 Å². The number of anilines is 4. The third kappa shape index (κ3) is 9.84. The third-order valence-electron chi connectivity index (χ3n) is 9.57. The number of morpholine rings is 1. The highest BCUT2D eigenvalue weighted by molar-refractivity contribution is 6.07. The van der Waals surface area contributed by atoms with Crippen molar-refractivity contribution in [2.24, 2.45) is 0 Å². The maximum atomic E-state index is 13.5. The smallest absolute Gasteiger partial charge is 0.324 e. The molecular formula is C43H47N9O5. The summed E-state index contributed by atoms with van der Waals surface area (Å²) in [5.74, 6) is 1.97. The van der Waals surface area contributed by atoms with E-state index in [9.17, 15) is 9.59 Å². The molecule has 14 nitrogen and oxygen atoms in total. The topological polar surface area (TPSA) is 157 Å². The molecular weight excluding hydrogens is 723 g/mol. The molecule has 0 spiro atoms. The fourth-order valence-electron chi connectivity index (χ4n) is 6.50. The van der Waals surface area contributed by atoms with Crippen LogP contribution in [0.15, 0.2) is 97.2 Å². The van der Waals surface area contributed by atoms with Gasteiger partial charge in [0.05, 0.1) is 43.1 Å². The fourth-order valence-corrected chi connectivity index (χ4v) is 6.50. The molecule has 0 unspecified atom stereocenters. The quantitative estimate of drug-likeness (QED) is 0.0816. The lowest BCUT2D eigenvalue weighted by atomic mass is 10.1. The Hall–Kier alpha value is -6.51. The second kappa shape index (κ2) is 18.4. The van der Waals surface area contributed by atoms with Gasteiger partial charge in [0.15, 0.2) is 0 Å². The van der Waals surface area contributed by atoms with Crippen molar-refractivity contribution in [1.29, 1.82) is 0 Å². The van der Waals surface area contributed by atoms with Crippen LogP contribution in [0.2, 0.25) is 0 Å². The lowest BCUT2D eigenvalue weighted by Crippen LogP contribution is -2.41. The van der Waals surface area contributed by atoms with Crippen molar-refractivity contribution in [2.45, 2.75) is 33.1 Å². The number of unbranched alkanes of at least 4 members (excludes halogenated alkanes) is 1. The van der Waals surface area contributed by atoms with Gasteiger partial charge in [0.1, 0.15) is 17.3 Å². The van der Waals surface area contributed by atoms with Gasteiger partial charge in [0.25, 0.3) is 5.91 Å². The molecule has 1 saturated heterocycles. The number of carbonyl (C=O) groups excluding carboxylic acids is 2. The van der Waals surface area contributed by atoms with Gasteiger partial charge in [-0.1, -0.05) is 55.3 Å². The van der Waals surface area contributed by atoms with Crippen molar-refractivity contribution in [3.8, 4) is 23.1 Å². The Morgan fingerprint density at radius 3 is 2.46 bits per heavy atom. The molecule has 3 heterocycles. The molecule has 0 atom stereocenters. The highest BCUT2D eigenvalue weighted by atomic mass is 16.5. The van der Waals surface area contributed by atoms with Gasteiger partial charge in [0, 0.05) is 60.8 Å². The molecule has 4 aromatic carbocycles. The van der Waals surface area contributed by atoms with E-state index in [-0.39, 0.29) is 11.9 Å². The Bertz CT molecular complexity index is 2320. The number of aryl methyl sites for hydroxylation is 2. The van der Waals surface area contributed by atoms with E-state index in [2.05, 4.69) is 43.1 Å². The van der Waals surface area contributed by atoms with Crippen LogP contribution in [0.3, 0.4) is 0 Å². The molecule has 0 radical (unpaired) electrons. The van der Waals surface area contributed by atoms with E-state index in [0.717, 1.165) is 66.6 Å². The number of nitrogens with one attached hydrogen (secondary N) is 4. The predicted molar refractivity (Wildman–Crippen MR) is 221 cm³/mol. The predicted octanol–water partition coefficient (Wildman–Crippen LogP) is 7.72. The number of urea groups is 1. The second-order valence-corrected chi connectivity index (χ2v) is 13.7. The van der Waals surface area contributed by atoms with E-state index in [1.807, 2.05) is 61.5 Å². The lowest BCUT2D eigenvalue weighted by molar-refractivity contribution is 0.0383. The van der Waals surface area contributed by atoms with Crippen molar-refractivity contribution >= 4 is 45.9 Å². The Labute approximate surface area is 331 Å². The first kappa shape index (κ1) is 38.8. The SMILES string of the molecule is CCCCc1cc(NC(=O)Nc2ccc(Oc3ccnc(Nc4ccc(C(=O)NCCN5CCOCC5)cc4OC)n3)c3ccccc23)n(-c2ccc(C)cc2)n1. The maximum absolute atomic E-state index is 13.5. The summed E-state index contributed by atoms with van der Waals surface area (Å²) in [6, 6.07) is 27.6. The van der Waals surface area contributed by atoms with Crippen LogP contribution < -0.4 is 30.7 Å². The van der Waals surface area contributed by atoms with Gasteiger partial charge in [-0.25, -0.2) is 14.5 Å². The summed E-state index contributed by atoms with van der Waals surface area (Å²) in [6.07, 6.45) is 4.46. The number of nitrogens with zero attached hydrogens (tertiary/aromatic N) is 5. The first-order valence-electron chi connectivity index (χ1n) is 19.2. The van der Waals surface area contributed by atoms with Crippen LogP contribution in [-0.4, -0.2) is 83.1 Å². The minimum atomic E-state index is -0.400. The number of methoxy groups -OCH3 is 1. The van der Waals surface area contributed by atoms with Crippen LogP contribution in [0.4, 0.5) is 27.9 Å². The average Bonchev–Trinajstić information content (AvgIpc) is 3.63. The van der Waals surface area contributed by atoms with Gasteiger partial charge in [-0.3, -0.25) is 15.0 Å². The molecule has 0 saturated carbocycles. The Balaban J connectivity index is 1.02. The number of rotatable bonds is 15. The van der Waals surface area contributed by atoms with Crippen molar-refractivity contribution in [3.63, 3.8) is 0 Å². The zero-order chi connectivity index (χ0) is 39.6. The van der Waals surface area contributed by atoms with E-state index < -0.39 is 6.03 Å². The largest absolute Gasteiger partial charge is 0.495 e. The normalized spacial score (nSPS) is 12.9. The minimum absolute atomic E-state index is 0.184. The molecule has 6 aromatic rings. The highest BCUT2D eigenvalue weighted by Crippen LogP contribution is 2.35. The van der Waals surface area contributed by atoms with Crippen LogP contribution in [0, 0.1) is 6.92 Å². The molecule has 2 aromatic heterocycles. The van der Waals surface area contributed by atoms with E-state index in [0.29, 0.717) is 59.9 Å². The number of amides is 3. The molecule has 1 aliphatic heterocycles. The van der Waals surface area contributed by atoms with Crippen LogP contribution in [0.1, 0.15) is 41.4 Å². The molecule has 294 valence electrons. The molecule has 4 N–H and O–H groups in total. The lowest BCUT2D eigenvalue weighted by Gasteiger charge is -2.26. The Morgan fingerprint density at radius 1 is 0.877 bits per heavy atom. The second-order valence-electron chi connectivity index (χ2n) is 13.7. The Kier molecular flexibility index (Phi) is 12.5. The minimum Gasteiger partial charge on any atom is -0.495 e. The van der Waals surface area contributed by atoms with Gasteiger partial charge in [0.2, 0.25) is 11.8 Å². The fraction of sp³-hybridized carbons (Fsp3) is 0.279. The van der Waals surface area contributed by atoms with Crippen LogP contribution in [0.25, 0.3) is 16.5 Å². The maximum Gasteiger partial charge on any atom is 0.324 e. The molecule has 0 aliphatic carbocycles. The van der Waals surface area contributed by atoms with Crippen molar-refractivity contribution in [3.05, 3.63) is 114 Å². The van der Waals surface area contributed by atoms with Crippen molar-refractivity contribution < 1.29 is 23.8 Å². The molecule has 0 bridgehead atoms. The van der Waals surface area contributed by atoms with Crippen LogP contribution >= 0.6 is 0 Å². The van der Waals surface area contributed by atoms with Gasteiger partial charge in [-0.15, -0.1) is 0 Å². The Morgan fingerprint density at radius 2 is 1.67 bits per heavy atom. The van der Waals surface area contributed by atoms with Gasteiger partial charge < -0.3 is 30.2 Å². The number of hydrogen-bond donors (Lipinski definition) is 4. The van der Waals surface area contributed by atoms with Gasteiger partial charge in [-0.05, 0) is 62.2 Å². The summed E-state index contributed by atoms with van der Waals surface area (Å²) >= 11 is 0. The molecule has 7 rings (SSSR count). The summed E-state index contributed by atoms with van der Waals surface area (Å²) in [7, 11) is 1.54. The zero-order valence-electron chi connectivity index (χ0n) is 32.4.